The Kier molecular flexibility index (Phi) is 4.13. The van der Waals surface area contributed by atoms with Gasteiger partial charge in [0.1, 0.15) is 29.1 Å². The molecule has 0 fully saturated rings. The maximum atomic E-state index is 12.9. The number of benzene rings is 2. The van der Waals surface area contributed by atoms with Crippen molar-refractivity contribution in [3.05, 3.63) is 87.7 Å². The van der Waals surface area contributed by atoms with E-state index in [4.69, 9.17) is 4.98 Å². The summed E-state index contributed by atoms with van der Waals surface area (Å²) in [7, 11) is 0. The molecular formula is C25H14N8O. The minimum Gasteiger partial charge on any atom is -0.304 e. The van der Waals surface area contributed by atoms with Gasteiger partial charge < -0.3 is 4.57 Å². The smallest absolute Gasteiger partial charge is 0.281 e. The molecule has 160 valence electrons. The molecule has 4 aromatic heterocycles. The van der Waals surface area contributed by atoms with E-state index in [1.54, 1.807) is 12.1 Å². The van der Waals surface area contributed by atoms with E-state index in [1.807, 2.05) is 70.5 Å². The van der Waals surface area contributed by atoms with E-state index in [1.165, 1.54) is 0 Å². The summed E-state index contributed by atoms with van der Waals surface area (Å²) in [5, 5.41) is 20.1. The molecule has 0 aliphatic carbocycles. The van der Waals surface area contributed by atoms with Gasteiger partial charge in [-0.1, -0.05) is 42.5 Å². The van der Waals surface area contributed by atoms with Crippen LogP contribution in [0.2, 0.25) is 0 Å². The van der Waals surface area contributed by atoms with Crippen molar-refractivity contribution >= 4 is 38.7 Å². The summed E-state index contributed by atoms with van der Waals surface area (Å²) in [5.74, 6) is 0.629. The first-order valence-electron chi connectivity index (χ1n) is 10.5. The fraction of sp³-hybridized carbons (Fsp3) is 0.0800. The van der Waals surface area contributed by atoms with Gasteiger partial charge in [-0.25, -0.2) is 15.0 Å². The van der Waals surface area contributed by atoms with Gasteiger partial charge in [0, 0.05) is 0 Å². The second-order valence-corrected chi connectivity index (χ2v) is 7.84. The van der Waals surface area contributed by atoms with E-state index in [9.17, 15) is 15.3 Å². The molecule has 4 heterocycles. The summed E-state index contributed by atoms with van der Waals surface area (Å²) in [6.45, 7) is 2.25. The molecular weight excluding hydrogens is 428 g/mol. The Bertz CT molecular complexity index is 1940. The molecule has 0 N–H and O–H groups in total. The van der Waals surface area contributed by atoms with Gasteiger partial charge in [-0.3, -0.25) is 9.20 Å². The largest absolute Gasteiger partial charge is 0.304 e. The third-order valence-electron chi connectivity index (χ3n) is 5.85. The van der Waals surface area contributed by atoms with Gasteiger partial charge in [-0.15, -0.1) is 0 Å². The molecule has 0 bridgehead atoms. The molecule has 6 aromatic rings. The maximum Gasteiger partial charge on any atom is 0.281 e. The lowest BCUT2D eigenvalue weighted by Gasteiger charge is -2.11. The lowest BCUT2D eigenvalue weighted by atomic mass is 10.2. The SMILES string of the molecule is Cc1nc2c(c3nc(C#N)c(C#N)nc3n2Cc2ccccc2)c2nc(=O)c3ccccc3n12. The summed E-state index contributed by atoms with van der Waals surface area (Å²) in [6.07, 6.45) is 0. The summed E-state index contributed by atoms with van der Waals surface area (Å²) in [6, 6.07) is 20.9. The molecule has 0 aliphatic rings. The summed E-state index contributed by atoms with van der Waals surface area (Å²) < 4.78 is 3.67. The van der Waals surface area contributed by atoms with E-state index in [2.05, 4.69) is 15.0 Å². The highest BCUT2D eigenvalue weighted by molar-refractivity contribution is 6.11. The van der Waals surface area contributed by atoms with E-state index >= 15 is 0 Å². The van der Waals surface area contributed by atoms with Crippen LogP contribution < -0.4 is 5.56 Å². The van der Waals surface area contributed by atoms with E-state index in [0.717, 1.165) is 5.56 Å². The van der Waals surface area contributed by atoms with Crippen molar-refractivity contribution in [2.45, 2.75) is 13.5 Å². The number of hydrogen-bond donors (Lipinski definition) is 0. The van der Waals surface area contributed by atoms with Gasteiger partial charge in [-0.2, -0.15) is 15.5 Å². The van der Waals surface area contributed by atoms with Gasteiger partial charge in [0.25, 0.3) is 5.56 Å². The standard InChI is InChI=1S/C25H14N8O/c1-14-28-22-20(23-31-25(34)16-9-5-6-10-19(16)33(14)23)21-24(30-18(12-27)17(11-26)29-21)32(22)13-15-7-3-2-4-8-15/h2-10H,13H2,1H3. The fourth-order valence-corrected chi connectivity index (χ4v) is 4.39. The predicted octanol–water partition coefficient (Wildman–Crippen LogP) is 3.24. The highest BCUT2D eigenvalue weighted by Gasteiger charge is 2.23. The number of rotatable bonds is 2. The number of fused-ring (bicyclic) bond motifs is 7. The quantitative estimate of drug-likeness (QED) is 0.377. The molecule has 9 heteroatoms. The van der Waals surface area contributed by atoms with Crippen molar-refractivity contribution in [2.75, 3.05) is 0 Å². The van der Waals surface area contributed by atoms with Gasteiger partial charge in [0.2, 0.25) is 0 Å². The van der Waals surface area contributed by atoms with Crippen LogP contribution in [0.15, 0.2) is 59.4 Å². The summed E-state index contributed by atoms with van der Waals surface area (Å²) >= 11 is 0. The number of aryl methyl sites for hydroxylation is 1. The van der Waals surface area contributed by atoms with E-state index in [0.29, 0.717) is 51.1 Å². The van der Waals surface area contributed by atoms with Crippen LogP contribution in [0.3, 0.4) is 0 Å². The van der Waals surface area contributed by atoms with Crippen molar-refractivity contribution in [2.24, 2.45) is 0 Å². The third kappa shape index (κ3) is 2.68. The lowest BCUT2D eigenvalue weighted by molar-refractivity contribution is 0.833. The molecule has 0 aliphatic heterocycles. The van der Waals surface area contributed by atoms with Crippen LogP contribution in [0, 0.1) is 29.6 Å². The van der Waals surface area contributed by atoms with Crippen molar-refractivity contribution in [1.29, 1.82) is 10.5 Å². The van der Waals surface area contributed by atoms with Gasteiger partial charge in [0.15, 0.2) is 22.7 Å². The number of para-hydroxylation sites is 1. The molecule has 0 saturated heterocycles. The average Bonchev–Trinajstić information content (AvgIpc) is 3.15. The first-order valence-corrected chi connectivity index (χ1v) is 10.5. The Hall–Kier alpha value is -5.15. The maximum absolute atomic E-state index is 12.9. The topological polar surface area (TPSA) is 126 Å². The Labute approximate surface area is 191 Å². The molecule has 34 heavy (non-hydrogen) atoms. The third-order valence-corrected chi connectivity index (χ3v) is 5.85. The molecule has 0 atom stereocenters. The zero-order valence-corrected chi connectivity index (χ0v) is 17.9. The van der Waals surface area contributed by atoms with Gasteiger partial charge >= 0.3 is 0 Å². The zero-order valence-electron chi connectivity index (χ0n) is 17.9. The molecule has 0 amide bonds. The summed E-state index contributed by atoms with van der Waals surface area (Å²) in [4.78, 5) is 31.2. The normalized spacial score (nSPS) is 11.3. The molecule has 6 rings (SSSR count). The Morgan fingerprint density at radius 3 is 2.29 bits per heavy atom. The second kappa shape index (κ2) is 7.19. The Balaban J connectivity index is 1.86. The van der Waals surface area contributed by atoms with Crippen LogP contribution >= 0.6 is 0 Å². The monoisotopic (exact) mass is 442 g/mol. The van der Waals surface area contributed by atoms with Crippen molar-refractivity contribution in [1.82, 2.24) is 28.9 Å². The van der Waals surface area contributed by atoms with E-state index in [-0.39, 0.29) is 16.9 Å². The van der Waals surface area contributed by atoms with Crippen LogP contribution in [0.4, 0.5) is 0 Å². The first kappa shape index (κ1) is 19.5. The number of aromatic nitrogens is 6. The average molecular weight is 442 g/mol. The van der Waals surface area contributed by atoms with Crippen LogP contribution in [0.5, 0.6) is 0 Å². The summed E-state index contributed by atoms with van der Waals surface area (Å²) in [5.41, 5.74) is 2.83. The minimum absolute atomic E-state index is 0.0660. The molecule has 0 radical (unpaired) electrons. The molecule has 0 spiro atoms. The second-order valence-electron chi connectivity index (χ2n) is 7.84. The van der Waals surface area contributed by atoms with Crippen LogP contribution in [0.1, 0.15) is 22.8 Å². The number of nitriles is 2. The minimum atomic E-state index is -0.367. The Morgan fingerprint density at radius 1 is 0.824 bits per heavy atom. The van der Waals surface area contributed by atoms with Crippen LogP contribution in [0.25, 0.3) is 38.7 Å². The van der Waals surface area contributed by atoms with Crippen molar-refractivity contribution < 1.29 is 0 Å². The highest BCUT2D eigenvalue weighted by Crippen LogP contribution is 2.31. The first-order chi connectivity index (χ1) is 16.6. The zero-order chi connectivity index (χ0) is 23.4. The van der Waals surface area contributed by atoms with Gasteiger partial charge in [-0.05, 0) is 24.6 Å². The van der Waals surface area contributed by atoms with Crippen LogP contribution in [-0.2, 0) is 6.54 Å². The van der Waals surface area contributed by atoms with Crippen LogP contribution in [-0.4, -0.2) is 28.9 Å². The number of nitrogens with zero attached hydrogens (tertiary/aromatic N) is 8. The fourth-order valence-electron chi connectivity index (χ4n) is 4.39. The molecule has 9 nitrogen and oxygen atoms in total. The lowest BCUT2D eigenvalue weighted by Crippen LogP contribution is -2.13. The molecule has 2 aromatic carbocycles. The van der Waals surface area contributed by atoms with Crippen molar-refractivity contribution in [3.8, 4) is 12.1 Å². The number of hydrogen-bond acceptors (Lipinski definition) is 7. The highest BCUT2D eigenvalue weighted by atomic mass is 16.1. The van der Waals surface area contributed by atoms with E-state index < -0.39 is 0 Å². The Morgan fingerprint density at radius 2 is 1.53 bits per heavy atom. The molecule has 0 saturated carbocycles. The van der Waals surface area contributed by atoms with Crippen molar-refractivity contribution in [3.63, 3.8) is 0 Å². The van der Waals surface area contributed by atoms with Gasteiger partial charge in [0.05, 0.1) is 22.8 Å². The molecule has 0 unspecified atom stereocenters. The predicted molar refractivity (Wildman–Crippen MR) is 125 cm³/mol.